The second kappa shape index (κ2) is 9.78. The lowest BCUT2D eigenvalue weighted by Crippen LogP contribution is -2.14. The van der Waals surface area contributed by atoms with E-state index in [4.69, 9.17) is 32.5 Å². The van der Waals surface area contributed by atoms with Gasteiger partial charge in [-0.3, -0.25) is 4.79 Å². The summed E-state index contributed by atoms with van der Waals surface area (Å²) in [5.74, 6) is -0.500. The average Bonchev–Trinajstić information content (AvgIpc) is 3.09. The lowest BCUT2D eigenvalue weighted by Gasteiger charge is -2.09. The fraction of sp³-hybridized carbons (Fsp3) is 0.227. The molecule has 0 radical (unpaired) electrons. The number of ether oxygens (including phenoxy) is 1. The first-order chi connectivity index (χ1) is 14.4. The van der Waals surface area contributed by atoms with E-state index in [-0.39, 0.29) is 11.3 Å². The van der Waals surface area contributed by atoms with Crippen LogP contribution in [0.15, 0.2) is 47.0 Å². The molecule has 0 aliphatic heterocycles. The van der Waals surface area contributed by atoms with Crippen molar-refractivity contribution >= 4 is 40.8 Å². The highest BCUT2D eigenvalue weighted by atomic mass is 35.5. The number of nitrogens with one attached hydrogen (secondary N) is 1. The van der Waals surface area contributed by atoms with Gasteiger partial charge in [0, 0.05) is 11.3 Å². The third-order valence-corrected chi connectivity index (χ3v) is 5.03. The van der Waals surface area contributed by atoms with E-state index in [9.17, 15) is 9.59 Å². The summed E-state index contributed by atoms with van der Waals surface area (Å²) in [6.07, 6.45) is 1.76. The molecule has 8 heteroatoms. The topological polar surface area (TPSA) is 81.4 Å². The summed E-state index contributed by atoms with van der Waals surface area (Å²) in [6, 6.07) is 11.5. The Kier molecular flexibility index (Phi) is 7.13. The molecule has 3 rings (SSSR count). The van der Waals surface area contributed by atoms with Gasteiger partial charge in [-0.15, -0.1) is 0 Å². The number of aryl methyl sites for hydroxylation is 1. The predicted molar refractivity (Wildman–Crippen MR) is 116 cm³/mol. The van der Waals surface area contributed by atoms with Crippen LogP contribution in [0.2, 0.25) is 10.0 Å². The maximum absolute atomic E-state index is 12.9. The molecule has 0 unspecified atom stereocenters. The molecule has 1 heterocycles. The number of anilines is 1. The van der Waals surface area contributed by atoms with Crippen LogP contribution in [0.25, 0.3) is 11.3 Å². The molecule has 0 aliphatic carbocycles. The van der Waals surface area contributed by atoms with E-state index in [1.807, 2.05) is 6.92 Å². The molecule has 2 aromatic carbocycles. The smallest absolute Gasteiger partial charge is 0.338 e. The molecule has 0 atom stereocenters. The van der Waals surface area contributed by atoms with Crippen LogP contribution >= 0.6 is 23.2 Å². The quantitative estimate of drug-likeness (QED) is 0.346. The fourth-order valence-corrected chi connectivity index (χ4v) is 3.39. The Labute approximate surface area is 184 Å². The van der Waals surface area contributed by atoms with E-state index in [1.165, 1.54) is 0 Å². The van der Waals surface area contributed by atoms with E-state index < -0.39 is 11.9 Å². The first-order valence-corrected chi connectivity index (χ1v) is 10.2. The second-order valence-electron chi connectivity index (χ2n) is 6.58. The van der Waals surface area contributed by atoms with Crippen molar-refractivity contribution in [3.63, 3.8) is 0 Å². The van der Waals surface area contributed by atoms with Crippen LogP contribution in [-0.4, -0.2) is 23.6 Å². The van der Waals surface area contributed by atoms with Crippen molar-refractivity contribution in [2.24, 2.45) is 0 Å². The van der Waals surface area contributed by atoms with Gasteiger partial charge < -0.3 is 14.6 Å². The van der Waals surface area contributed by atoms with Crippen molar-refractivity contribution < 1.29 is 18.8 Å². The first-order valence-electron chi connectivity index (χ1n) is 9.41. The molecule has 0 fully saturated rings. The van der Waals surface area contributed by atoms with Gasteiger partial charge in [0.15, 0.2) is 0 Å². The summed E-state index contributed by atoms with van der Waals surface area (Å²) >= 11 is 12.5. The Balaban J connectivity index is 1.79. The highest BCUT2D eigenvalue weighted by Gasteiger charge is 2.25. The van der Waals surface area contributed by atoms with Crippen molar-refractivity contribution in [2.75, 3.05) is 11.9 Å². The molecule has 6 nitrogen and oxygen atoms in total. The Bertz CT molecular complexity index is 1040. The maximum atomic E-state index is 12.9. The van der Waals surface area contributed by atoms with Gasteiger partial charge in [-0.25, -0.2) is 4.79 Å². The molecule has 3 aromatic rings. The molecule has 0 aliphatic rings. The number of unbranched alkanes of at least 4 members (excludes halogenated alkanes) is 1. The van der Waals surface area contributed by atoms with Crippen molar-refractivity contribution in [2.45, 2.75) is 26.7 Å². The summed E-state index contributed by atoms with van der Waals surface area (Å²) in [7, 11) is 0. The maximum Gasteiger partial charge on any atom is 0.338 e. The summed E-state index contributed by atoms with van der Waals surface area (Å²) in [5.41, 5.74) is 1.83. The molecule has 0 saturated carbocycles. The van der Waals surface area contributed by atoms with Gasteiger partial charge in [0.05, 0.1) is 22.2 Å². The number of carbonyl (C=O) groups excluding carboxylic acids is 2. The molecule has 30 heavy (non-hydrogen) atoms. The molecule has 156 valence electrons. The van der Waals surface area contributed by atoms with Crippen molar-refractivity contribution in [3.8, 4) is 11.3 Å². The zero-order chi connectivity index (χ0) is 21.7. The molecule has 0 bridgehead atoms. The van der Waals surface area contributed by atoms with E-state index in [2.05, 4.69) is 10.5 Å². The Morgan fingerprint density at radius 3 is 2.40 bits per heavy atom. The Morgan fingerprint density at radius 2 is 1.77 bits per heavy atom. The lowest BCUT2D eigenvalue weighted by atomic mass is 10.1. The van der Waals surface area contributed by atoms with E-state index in [1.54, 1.807) is 49.4 Å². The number of carbonyl (C=O) groups is 2. The van der Waals surface area contributed by atoms with Gasteiger partial charge in [-0.1, -0.05) is 47.8 Å². The van der Waals surface area contributed by atoms with Crippen LogP contribution in [0.1, 0.15) is 46.2 Å². The van der Waals surface area contributed by atoms with Crippen LogP contribution in [0.4, 0.5) is 5.69 Å². The highest BCUT2D eigenvalue weighted by Crippen LogP contribution is 2.37. The zero-order valence-electron chi connectivity index (χ0n) is 16.5. The SMILES string of the molecule is CCCCOC(=O)c1ccc(NC(=O)c2c(-c3c(Cl)cccc3Cl)noc2C)cc1. The Morgan fingerprint density at radius 1 is 1.10 bits per heavy atom. The molecule has 0 spiro atoms. The molecule has 0 saturated heterocycles. The number of aromatic nitrogens is 1. The van der Waals surface area contributed by atoms with Crippen LogP contribution in [0, 0.1) is 6.92 Å². The number of hydrogen-bond donors (Lipinski definition) is 1. The van der Waals surface area contributed by atoms with Gasteiger partial charge >= 0.3 is 5.97 Å². The largest absolute Gasteiger partial charge is 0.462 e. The fourth-order valence-electron chi connectivity index (χ4n) is 2.81. The number of esters is 1. The number of nitrogens with zero attached hydrogens (tertiary/aromatic N) is 1. The monoisotopic (exact) mass is 446 g/mol. The van der Waals surface area contributed by atoms with Gasteiger partial charge in [0.2, 0.25) is 0 Å². The van der Waals surface area contributed by atoms with Crippen LogP contribution < -0.4 is 5.32 Å². The molecular formula is C22H20Cl2N2O4. The number of amides is 1. The number of benzene rings is 2. The first kappa shape index (κ1) is 21.9. The normalized spacial score (nSPS) is 10.7. The molecule has 1 N–H and O–H groups in total. The molecule has 1 amide bonds. The van der Waals surface area contributed by atoms with E-state index in [0.717, 1.165) is 12.8 Å². The highest BCUT2D eigenvalue weighted by molar-refractivity contribution is 6.39. The number of halogens is 2. The predicted octanol–water partition coefficient (Wildman–Crippen LogP) is 6.17. The summed E-state index contributed by atoms with van der Waals surface area (Å²) < 4.78 is 10.4. The van der Waals surface area contributed by atoms with Crippen LogP contribution in [0.5, 0.6) is 0 Å². The lowest BCUT2D eigenvalue weighted by molar-refractivity contribution is 0.0499. The third-order valence-electron chi connectivity index (χ3n) is 4.40. The number of rotatable bonds is 7. The van der Waals surface area contributed by atoms with Crippen molar-refractivity contribution in [1.29, 1.82) is 0 Å². The van der Waals surface area contributed by atoms with Crippen LogP contribution in [0.3, 0.4) is 0 Å². The van der Waals surface area contributed by atoms with Gasteiger partial charge in [0.25, 0.3) is 5.91 Å². The summed E-state index contributed by atoms with van der Waals surface area (Å²) in [4.78, 5) is 24.9. The minimum absolute atomic E-state index is 0.230. The third kappa shape index (κ3) is 4.83. The van der Waals surface area contributed by atoms with E-state index in [0.29, 0.717) is 39.2 Å². The molecule has 1 aromatic heterocycles. The van der Waals surface area contributed by atoms with E-state index >= 15 is 0 Å². The number of hydrogen-bond acceptors (Lipinski definition) is 5. The minimum atomic E-state index is -0.432. The van der Waals surface area contributed by atoms with Gasteiger partial charge in [-0.05, 0) is 49.7 Å². The Hall–Kier alpha value is -2.83. The zero-order valence-corrected chi connectivity index (χ0v) is 18.0. The second-order valence-corrected chi connectivity index (χ2v) is 7.39. The standard InChI is InChI=1S/C22H20Cl2N2O4/c1-3-4-12-29-22(28)14-8-10-15(11-9-14)25-21(27)18-13(2)30-26-20(18)19-16(23)6-5-7-17(19)24/h5-11H,3-4,12H2,1-2H3,(H,25,27). The van der Waals surface area contributed by atoms with Crippen molar-refractivity contribution in [1.82, 2.24) is 5.16 Å². The van der Waals surface area contributed by atoms with Gasteiger partial charge in [0.1, 0.15) is 17.0 Å². The van der Waals surface area contributed by atoms with Gasteiger partial charge in [-0.2, -0.15) is 0 Å². The average molecular weight is 447 g/mol. The van der Waals surface area contributed by atoms with Crippen molar-refractivity contribution in [3.05, 3.63) is 69.4 Å². The minimum Gasteiger partial charge on any atom is -0.462 e. The summed E-state index contributed by atoms with van der Waals surface area (Å²) in [5, 5.41) is 7.47. The molecular weight excluding hydrogens is 427 g/mol. The summed E-state index contributed by atoms with van der Waals surface area (Å²) in [6.45, 7) is 4.03. The van der Waals surface area contributed by atoms with Crippen LogP contribution in [-0.2, 0) is 4.74 Å².